The van der Waals surface area contributed by atoms with E-state index in [2.05, 4.69) is 10.0 Å². The van der Waals surface area contributed by atoms with Gasteiger partial charge in [0.15, 0.2) is 0 Å². The average molecular weight is 268 g/mol. The van der Waals surface area contributed by atoms with Gasteiger partial charge in [0.05, 0.1) is 11.4 Å². The summed E-state index contributed by atoms with van der Waals surface area (Å²) in [7, 11) is -3.25. The minimum atomic E-state index is -3.25. The van der Waals surface area contributed by atoms with Crippen LogP contribution < -0.4 is 10.0 Å². The van der Waals surface area contributed by atoms with Crippen LogP contribution in [0.1, 0.15) is 17.5 Å². The third-order valence-corrected chi connectivity index (χ3v) is 4.72. The van der Waals surface area contributed by atoms with Gasteiger partial charge in [-0.3, -0.25) is 4.72 Å². The molecule has 0 spiro atoms. The van der Waals surface area contributed by atoms with Gasteiger partial charge in [0.2, 0.25) is 10.0 Å². The summed E-state index contributed by atoms with van der Waals surface area (Å²) >= 11 is 0. The highest BCUT2D eigenvalue weighted by Crippen LogP contribution is 2.19. The highest BCUT2D eigenvalue weighted by molar-refractivity contribution is 7.92. The van der Waals surface area contributed by atoms with Crippen LogP contribution in [0.25, 0.3) is 0 Å². The zero-order valence-corrected chi connectivity index (χ0v) is 11.7. The van der Waals surface area contributed by atoms with E-state index in [1.165, 1.54) is 0 Å². The number of hydrogen-bond donors (Lipinski definition) is 2. The predicted molar refractivity (Wildman–Crippen MR) is 74.3 cm³/mol. The first-order valence-electron chi connectivity index (χ1n) is 6.25. The van der Waals surface area contributed by atoms with Gasteiger partial charge in [-0.2, -0.15) is 0 Å². The third-order valence-electron chi connectivity index (χ3n) is 3.28. The Kier molecular flexibility index (Phi) is 3.92. The van der Waals surface area contributed by atoms with E-state index in [-0.39, 0.29) is 11.7 Å². The van der Waals surface area contributed by atoms with Crippen LogP contribution in [0.15, 0.2) is 18.2 Å². The lowest BCUT2D eigenvalue weighted by atomic mass is 10.1. The van der Waals surface area contributed by atoms with Crippen molar-refractivity contribution in [3.05, 3.63) is 29.3 Å². The topological polar surface area (TPSA) is 58.2 Å². The lowest BCUT2D eigenvalue weighted by molar-refractivity contribution is 0.575. The summed E-state index contributed by atoms with van der Waals surface area (Å²) in [6.45, 7) is 5.59. The molecule has 1 atom stereocenters. The van der Waals surface area contributed by atoms with Crippen LogP contribution in [-0.4, -0.2) is 27.3 Å². The summed E-state index contributed by atoms with van der Waals surface area (Å²) in [4.78, 5) is 0. The van der Waals surface area contributed by atoms with Gasteiger partial charge in [-0.25, -0.2) is 8.42 Å². The van der Waals surface area contributed by atoms with Crippen LogP contribution in [0.2, 0.25) is 0 Å². The first-order chi connectivity index (χ1) is 8.46. The number of nitrogens with one attached hydrogen (secondary N) is 2. The molecule has 1 unspecified atom stereocenters. The van der Waals surface area contributed by atoms with E-state index in [9.17, 15) is 8.42 Å². The Morgan fingerprint density at radius 1 is 1.39 bits per heavy atom. The van der Waals surface area contributed by atoms with Crippen LogP contribution >= 0.6 is 0 Å². The molecule has 4 nitrogen and oxygen atoms in total. The molecule has 1 aliphatic rings. The van der Waals surface area contributed by atoms with Crippen molar-refractivity contribution in [2.45, 2.75) is 20.3 Å². The van der Waals surface area contributed by atoms with E-state index in [1.54, 1.807) is 0 Å². The van der Waals surface area contributed by atoms with Crippen molar-refractivity contribution in [2.75, 3.05) is 23.6 Å². The van der Waals surface area contributed by atoms with Gasteiger partial charge in [-0.05, 0) is 56.5 Å². The molecule has 5 heteroatoms. The maximum Gasteiger partial charge on any atom is 0.233 e. The van der Waals surface area contributed by atoms with Crippen molar-refractivity contribution in [1.29, 1.82) is 0 Å². The zero-order chi connectivity index (χ0) is 13.2. The van der Waals surface area contributed by atoms with Crippen molar-refractivity contribution < 1.29 is 8.42 Å². The molecule has 1 saturated heterocycles. The minimum absolute atomic E-state index is 0.202. The standard InChI is InChI=1S/C13H20N2O2S/c1-10-3-4-11(2)13(7-10)15-18(16,17)9-12-5-6-14-8-12/h3-4,7,12,14-15H,5-6,8-9H2,1-2H3. The Morgan fingerprint density at radius 2 is 2.17 bits per heavy atom. The van der Waals surface area contributed by atoms with Crippen molar-refractivity contribution in [1.82, 2.24) is 5.32 Å². The van der Waals surface area contributed by atoms with Gasteiger partial charge in [0, 0.05) is 0 Å². The quantitative estimate of drug-likeness (QED) is 0.873. The normalized spacial score (nSPS) is 20.0. The third kappa shape index (κ3) is 3.46. The summed E-state index contributed by atoms with van der Waals surface area (Å²) in [5.74, 6) is 0.431. The molecule has 1 aromatic rings. The van der Waals surface area contributed by atoms with Crippen LogP contribution in [0.4, 0.5) is 5.69 Å². The molecule has 100 valence electrons. The number of anilines is 1. The molecular formula is C13H20N2O2S. The highest BCUT2D eigenvalue weighted by atomic mass is 32.2. The molecule has 0 amide bonds. The molecule has 0 bridgehead atoms. The Hall–Kier alpha value is -1.07. The monoisotopic (exact) mass is 268 g/mol. The minimum Gasteiger partial charge on any atom is -0.316 e. The largest absolute Gasteiger partial charge is 0.316 e. The Morgan fingerprint density at radius 3 is 2.83 bits per heavy atom. The second kappa shape index (κ2) is 5.28. The fraction of sp³-hybridized carbons (Fsp3) is 0.538. The van der Waals surface area contributed by atoms with Gasteiger partial charge < -0.3 is 5.32 Å². The van der Waals surface area contributed by atoms with Crippen molar-refractivity contribution in [2.24, 2.45) is 5.92 Å². The molecule has 1 fully saturated rings. The fourth-order valence-electron chi connectivity index (χ4n) is 2.22. The molecule has 0 aliphatic carbocycles. The summed E-state index contributed by atoms with van der Waals surface area (Å²) in [5.41, 5.74) is 2.70. The van der Waals surface area contributed by atoms with Crippen molar-refractivity contribution in [3.8, 4) is 0 Å². The lowest BCUT2D eigenvalue weighted by Crippen LogP contribution is -2.24. The smallest absolute Gasteiger partial charge is 0.233 e. The van der Waals surface area contributed by atoms with Crippen LogP contribution in [-0.2, 0) is 10.0 Å². The van der Waals surface area contributed by atoms with Gasteiger partial charge in [0.1, 0.15) is 0 Å². The molecule has 1 aromatic carbocycles. The van der Waals surface area contributed by atoms with E-state index in [0.717, 1.165) is 30.6 Å². The predicted octanol–water partition coefficient (Wildman–Crippen LogP) is 1.65. The Bertz CT molecular complexity index is 520. The number of sulfonamides is 1. The van der Waals surface area contributed by atoms with E-state index in [0.29, 0.717) is 5.69 Å². The average Bonchev–Trinajstić information content (AvgIpc) is 2.75. The van der Waals surface area contributed by atoms with Crippen molar-refractivity contribution in [3.63, 3.8) is 0 Å². The summed E-state index contributed by atoms with van der Waals surface area (Å²) < 4.78 is 26.9. The van der Waals surface area contributed by atoms with Crippen LogP contribution in [0.5, 0.6) is 0 Å². The fourth-order valence-corrected chi connectivity index (χ4v) is 3.77. The van der Waals surface area contributed by atoms with E-state index in [4.69, 9.17) is 0 Å². The van der Waals surface area contributed by atoms with Crippen molar-refractivity contribution >= 4 is 15.7 Å². The number of hydrogen-bond acceptors (Lipinski definition) is 3. The molecule has 18 heavy (non-hydrogen) atoms. The summed E-state index contributed by atoms with van der Waals surface area (Å²) in [6, 6.07) is 5.79. The summed E-state index contributed by atoms with van der Waals surface area (Å²) in [6.07, 6.45) is 0.938. The lowest BCUT2D eigenvalue weighted by Gasteiger charge is -2.13. The molecule has 0 saturated carbocycles. The molecule has 1 aliphatic heterocycles. The second-order valence-corrected chi connectivity index (χ2v) is 6.83. The molecule has 2 rings (SSSR count). The molecular weight excluding hydrogens is 248 g/mol. The van der Waals surface area contributed by atoms with E-state index < -0.39 is 10.0 Å². The SMILES string of the molecule is Cc1ccc(C)c(NS(=O)(=O)CC2CCNC2)c1. The van der Waals surface area contributed by atoms with Gasteiger partial charge in [0.25, 0.3) is 0 Å². The zero-order valence-electron chi connectivity index (χ0n) is 10.9. The first kappa shape index (κ1) is 13.4. The molecule has 0 aromatic heterocycles. The first-order valence-corrected chi connectivity index (χ1v) is 7.90. The van der Waals surface area contributed by atoms with Gasteiger partial charge in [-0.15, -0.1) is 0 Å². The van der Waals surface area contributed by atoms with Crippen LogP contribution in [0.3, 0.4) is 0 Å². The van der Waals surface area contributed by atoms with Gasteiger partial charge >= 0.3 is 0 Å². The van der Waals surface area contributed by atoms with Crippen LogP contribution in [0, 0.1) is 19.8 Å². The molecule has 0 radical (unpaired) electrons. The highest BCUT2D eigenvalue weighted by Gasteiger charge is 2.22. The maximum atomic E-state index is 12.1. The van der Waals surface area contributed by atoms with E-state index in [1.807, 2.05) is 32.0 Å². The summed E-state index contributed by atoms with van der Waals surface area (Å²) in [5, 5.41) is 3.19. The Balaban J connectivity index is 2.09. The number of benzene rings is 1. The number of rotatable bonds is 4. The van der Waals surface area contributed by atoms with Gasteiger partial charge in [-0.1, -0.05) is 12.1 Å². The molecule has 1 heterocycles. The number of aryl methyl sites for hydroxylation is 2. The maximum absolute atomic E-state index is 12.1. The Labute approximate surface area is 109 Å². The second-order valence-electron chi connectivity index (χ2n) is 5.06. The molecule has 2 N–H and O–H groups in total. The van der Waals surface area contributed by atoms with E-state index >= 15 is 0 Å².